The number of thiophene rings is 1. The fraction of sp³-hybridized carbons (Fsp3) is 0.460. The van der Waals surface area contributed by atoms with Crippen molar-refractivity contribution >= 4 is 46.1 Å². The Morgan fingerprint density at radius 1 is 0.894 bits per heavy atom. The molecule has 2 saturated carbocycles. The molecule has 6 aromatic rings. The van der Waals surface area contributed by atoms with Crippen LogP contribution < -0.4 is 20.3 Å². The Morgan fingerprint density at radius 3 is 2.44 bits per heavy atom. The number of halogens is 1. The Bertz CT molecular complexity index is 2670. The zero-order valence-electron chi connectivity index (χ0n) is 38.2. The molecule has 344 valence electrons. The number of aryl methyl sites for hydroxylation is 2. The summed E-state index contributed by atoms with van der Waals surface area (Å²) in [6, 6.07) is 19.1. The number of fused-ring (bicyclic) bond motifs is 3. The van der Waals surface area contributed by atoms with Gasteiger partial charge in [-0.05, 0) is 120 Å². The standard InChI is InChI=1S/C50H58ClN11O3S/c1-30-31(2)66-50-46(30)47(55-43(29-45-53-22-27-64-45)48-59-56-32(3)62(48)50)35-8-6-33(7-9-35)34-10-14-37(15-11-34)60-23-5-24-61(26-25-60)44-21-20-42(57-58-44)49(63)54-36-12-16-38(17-13-36)65-39-18-19-41(52-4)40(51)28-39/h6-9,18-22,27-28,34,36-38,43,52H,5,10-17,23-26,29H2,1-4H3,(H,54,63)/t34-,36-,37+,38-,43-/m0/s1. The number of ether oxygens (including phenoxy) is 1. The highest BCUT2D eigenvalue weighted by atomic mass is 35.5. The van der Waals surface area contributed by atoms with Crippen molar-refractivity contribution < 1.29 is 13.9 Å². The number of hydrogen-bond donors (Lipinski definition) is 2. The lowest BCUT2D eigenvalue weighted by Crippen LogP contribution is -2.40. The molecule has 16 heteroatoms. The molecule has 2 N–H and O–H groups in total. The summed E-state index contributed by atoms with van der Waals surface area (Å²) in [4.78, 5) is 29.3. The summed E-state index contributed by atoms with van der Waals surface area (Å²) in [5.74, 6) is 4.26. The predicted molar refractivity (Wildman–Crippen MR) is 259 cm³/mol. The smallest absolute Gasteiger partial charge is 0.272 e. The van der Waals surface area contributed by atoms with E-state index in [1.807, 2.05) is 44.3 Å². The van der Waals surface area contributed by atoms with E-state index in [0.717, 1.165) is 109 Å². The van der Waals surface area contributed by atoms with E-state index in [9.17, 15) is 4.79 Å². The molecule has 0 bridgehead atoms. The van der Waals surface area contributed by atoms with Gasteiger partial charge in [-0.2, -0.15) is 0 Å². The van der Waals surface area contributed by atoms with Crippen molar-refractivity contribution in [2.75, 3.05) is 43.4 Å². The largest absolute Gasteiger partial charge is 0.490 e. The molecule has 4 aromatic heterocycles. The third-order valence-electron chi connectivity index (χ3n) is 14.2. The molecule has 6 heterocycles. The Balaban J connectivity index is 0.716. The summed E-state index contributed by atoms with van der Waals surface area (Å²) in [6.07, 6.45) is 13.1. The maximum Gasteiger partial charge on any atom is 0.272 e. The van der Waals surface area contributed by atoms with Crippen LogP contribution in [0.2, 0.25) is 5.02 Å². The minimum Gasteiger partial charge on any atom is -0.490 e. The predicted octanol–water partition coefficient (Wildman–Crippen LogP) is 9.22. The second-order valence-electron chi connectivity index (χ2n) is 18.3. The van der Waals surface area contributed by atoms with Crippen LogP contribution in [0.15, 0.2) is 76.5 Å². The van der Waals surface area contributed by atoms with Crippen molar-refractivity contribution in [2.45, 2.75) is 115 Å². The summed E-state index contributed by atoms with van der Waals surface area (Å²) in [5, 5.41) is 26.1. The normalized spacial score (nSPS) is 22.4. The molecule has 10 rings (SSSR count). The van der Waals surface area contributed by atoms with Crippen molar-refractivity contribution in [2.24, 2.45) is 4.99 Å². The van der Waals surface area contributed by atoms with Crippen molar-refractivity contribution in [1.82, 2.24) is 40.2 Å². The molecular formula is C50H58ClN11O3S. The Kier molecular flexibility index (Phi) is 12.9. The number of aromatic nitrogens is 6. The maximum absolute atomic E-state index is 13.2. The number of oxazole rings is 1. The SMILES string of the molecule is CNc1ccc(O[C@H]2CC[C@H](NC(=O)c3ccc(N4CCCN([C@H]5CC[C@@H](c6ccc(C7=N[C@@H](Cc8ncco8)c8nnc(C)n8-c8sc(C)c(C)c87)cc6)CC5)CC4)nn3)CC2)cc1Cl. The number of hydrogen-bond acceptors (Lipinski definition) is 13. The van der Waals surface area contributed by atoms with Gasteiger partial charge in [0, 0.05) is 67.4 Å². The van der Waals surface area contributed by atoms with Gasteiger partial charge in [0.1, 0.15) is 28.9 Å². The fourth-order valence-corrected chi connectivity index (χ4v) is 11.9. The van der Waals surface area contributed by atoms with Crippen LogP contribution in [-0.2, 0) is 6.42 Å². The minimum absolute atomic E-state index is 0.0817. The average molecular weight is 929 g/mol. The van der Waals surface area contributed by atoms with E-state index in [0.29, 0.717) is 35.0 Å². The van der Waals surface area contributed by atoms with Crippen LogP contribution in [0.4, 0.5) is 11.5 Å². The highest BCUT2D eigenvalue weighted by molar-refractivity contribution is 7.15. The zero-order chi connectivity index (χ0) is 45.3. The number of benzene rings is 2. The van der Waals surface area contributed by atoms with Gasteiger partial charge in [0.15, 0.2) is 23.2 Å². The van der Waals surface area contributed by atoms with Crippen LogP contribution in [0.25, 0.3) is 5.00 Å². The highest BCUT2D eigenvalue weighted by Gasteiger charge is 2.33. The molecule has 0 radical (unpaired) electrons. The molecule has 3 fully saturated rings. The van der Waals surface area contributed by atoms with Gasteiger partial charge in [-0.1, -0.05) is 35.9 Å². The first-order chi connectivity index (χ1) is 32.2. The quantitative estimate of drug-likeness (QED) is 0.128. The summed E-state index contributed by atoms with van der Waals surface area (Å²) < 4.78 is 14.1. The molecule has 1 amide bonds. The molecule has 66 heavy (non-hydrogen) atoms. The van der Waals surface area contributed by atoms with E-state index in [-0.39, 0.29) is 24.1 Å². The van der Waals surface area contributed by atoms with Crippen LogP contribution in [0.5, 0.6) is 5.75 Å². The van der Waals surface area contributed by atoms with Crippen LogP contribution in [0, 0.1) is 20.8 Å². The van der Waals surface area contributed by atoms with Crippen molar-refractivity contribution in [3.05, 3.63) is 122 Å². The molecule has 2 aliphatic heterocycles. The lowest BCUT2D eigenvalue weighted by Gasteiger charge is -2.36. The number of aliphatic imine (C=N–C) groups is 1. The Hall–Kier alpha value is -5.64. The van der Waals surface area contributed by atoms with E-state index in [4.69, 9.17) is 25.7 Å². The number of amides is 1. The summed E-state index contributed by atoms with van der Waals surface area (Å²) in [5.41, 5.74) is 7.13. The molecular weight excluding hydrogens is 870 g/mol. The van der Waals surface area contributed by atoms with E-state index < -0.39 is 0 Å². The number of carbonyl (C=O) groups is 1. The number of nitrogens with zero attached hydrogens (tertiary/aromatic N) is 9. The second kappa shape index (κ2) is 19.3. The third-order valence-corrected chi connectivity index (χ3v) is 15.7. The summed E-state index contributed by atoms with van der Waals surface area (Å²) in [6.45, 7) is 10.3. The van der Waals surface area contributed by atoms with Gasteiger partial charge < -0.3 is 24.7 Å². The molecule has 14 nitrogen and oxygen atoms in total. The van der Waals surface area contributed by atoms with Gasteiger partial charge in [0.05, 0.1) is 35.1 Å². The first-order valence-electron chi connectivity index (χ1n) is 23.6. The Labute approximate surface area is 395 Å². The van der Waals surface area contributed by atoms with Crippen LogP contribution in [0.1, 0.15) is 125 Å². The lowest BCUT2D eigenvalue weighted by atomic mass is 9.81. The van der Waals surface area contributed by atoms with Crippen molar-refractivity contribution in [3.8, 4) is 10.8 Å². The van der Waals surface area contributed by atoms with Gasteiger partial charge in [-0.3, -0.25) is 19.3 Å². The van der Waals surface area contributed by atoms with Gasteiger partial charge in [0.2, 0.25) is 0 Å². The molecule has 0 spiro atoms. The Morgan fingerprint density at radius 2 is 1.71 bits per heavy atom. The van der Waals surface area contributed by atoms with E-state index >= 15 is 0 Å². The summed E-state index contributed by atoms with van der Waals surface area (Å²) >= 11 is 8.12. The lowest BCUT2D eigenvalue weighted by molar-refractivity contribution is 0.0888. The first kappa shape index (κ1) is 44.2. The van der Waals surface area contributed by atoms with Crippen LogP contribution in [0.3, 0.4) is 0 Å². The first-order valence-corrected chi connectivity index (χ1v) is 24.7. The van der Waals surface area contributed by atoms with Gasteiger partial charge in [-0.25, -0.2) is 4.98 Å². The van der Waals surface area contributed by atoms with Gasteiger partial charge >= 0.3 is 0 Å². The number of anilines is 2. The van der Waals surface area contributed by atoms with Crippen molar-refractivity contribution in [3.63, 3.8) is 0 Å². The van der Waals surface area contributed by atoms with Gasteiger partial charge in [-0.15, -0.1) is 31.7 Å². The number of carbonyl (C=O) groups excluding carboxylic acids is 1. The molecule has 4 aliphatic rings. The highest BCUT2D eigenvalue weighted by Crippen LogP contribution is 2.41. The zero-order valence-corrected chi connectivity index (χ0v) is 39.7. The second-order valence-corrected chi connectivity index (χ2v) is 19.9. The third kappa shape index (κ3) is 9.21. The molecule has 0 unspecified atom stereocenters. The summed E-state index contributed by atoms with van der Waals surface area (Å²) in [7, 11) is 1.85. The topological polar surface area (TPSA) is 152 Å². The number of rotatable bonds is 11. The molecule has 1 atom stereocenters. The molecule has 2 aliphatic carbocycles. The average Bonchev–Trinajstić information content (AvgIpc) is 3.98. The van der Waals surface area contributed by atoms with E-state index in [2.05, 4.69) is 88.5 Å². The molecule has 1 saturated heterocycles. The van der Waals surface area contributed by atoms with Crippen LogP contribution >= 0.6 is 22.9 Å². The maximum atomic E-state index is 13.2. The van der Waals surface area contributed by atoms with E-state index in [1.54, 1.807) is 23.8 Å². The monoisotopic (exact) mass is 927 g/mol. The van der Waals surface area contributed by atoms with Crippen LogP contribution in [-0.4, -0.2) is 97.9 Å². The van der Waals surface area contributed by atoms with Crippen molar-refractivity contribution in [1.29, 1.82) is 0 Å². The minimum atomic E-state index is -0.287. The van der Waals surface area contributed by atoms with Gasteiger partial charge in [0.25, 0.3) is 5.91 Å². The molecule has 2 aromatic carbocycles. The fourth-order valence-electron chi connectivity index (χ4n) is 10.4. The number of nitrogens with one attached hydrogen (secondary N) is 2. The van der Waals surface area contributed by atoms with E-state index in [1.165, 1.54) is 41.7 Å².